The predicted octanol–water partition coefficient (Wildman–Crippen LogP) is 3.39. The van der Waals surface area contributed by atoms with Crippen molar-refractivity contribution >= 4 is 16.8 Å². The highest BCUT2D eigenvalue weighted by Gasteiger charge is 2.10. The van der Waals surface area contributed by atoms with Crippen LogP contribution in [-0.2, 0) is 0 Å². The van der Waals surface area contributed by atoms with E-state index in [1.807, 2.05) is 49.4 Å². The van der Waals surface area contributed by atoms with Gasteiger partial charge in [0.05, 0.1) is 0 Å². The van der Waals surface area contributed by atoms with Crippen LogP contribution in [0.15, 0.2) is 46.9 Å². The van der Waals surface area contributed by atoms with Crippen molar-refractivity contribution in [2.24, 2.45) is 0 Å². The van der Waals surface area contributed by atoms with E-state index in [1.54, 1.807) is 0 Å². The summed E-state index contributed by atoms with van der Waals surface area (Å²) < 4.78 is 5.72. The molecule has 3 aromatic rings. The third-order valence-corrected chi connectivity index (χ3v) is 2.79. The number of hydrogen-bond donors (Lipinski definition) is 1. The molecule has 0 fully saturated rings. The Hall–Kier alpha value is -2.29. The fraction of sp³-hybridized carbons (Fsp3) is 0.0714. The summed E-state index contributed by atoms with van der Waals surface area (Å²) in [6.07, 6.45) is 0. The number of nitrogens with two attached hydrogens (primary N) is 1. The normalized spacial score (nSPS) is 10.9. The number of para-hydroxylation sites is 2. The van der Waals surface area contributed by atoms with Crippen molar-refractivity contribution in [3.8, 4) is 11.5 Å². The molecule has 3 heteroatoms. The molecule has 0 atom stereocenters. The molecular weight excluding hydrogens is 212 g/mol. The van der Waals surface area contributed by atoms with Crippen LogP contribution in [-0.4, -0.2) is 4.98 Å². The van der Waals surface area contributed by atoms with Crippen LogP contribution in [0.2, 0.25) is 0 Å². The molecule has 0 unspecified atom stereocenters. The lowest BCUT2D eigenvalue weighted by atomic mass is 10.1. The molecule has 3 rings (SSSR count). The lowest BCUT2D eigenvalue weighted by Crippen LogP contribution is -1.88. The molecule has 17 heavy (non-hydrogen) atoms. The Bertz CT molecular complexity index is 653. The van der Waals surface area contributed by atoms with Crippen LogP contribution in [0.25, 0.3) is 22.6 Å². The Labute approximate surface area is 98.9 Å². The summed E-state index contributed by atoms with van der Waals surface area (Å²) >= 11 is 0. The molecule has 2 N–H and O–H groups in total. The van der Waals surface area contributed by atoms with Crippen LogP contribution < -0.4 is 5.73 Å². The Morgan fingerprint density at radius 1 is 1.12 bits per heavy atom. The minimum atomic E-state index is 0.621. The van der Waals surface area contributed by atoms with Crippen LogP contribution in [0, 0.1) is 6.92 Å². The van der Waals surface area contributed by atoms with Gasteiger partial charge in [0.15, 0.2) is 5.58 Å². The molecule has 0 saturated heterocycles. The van der Waals surface area contributed by atoms with E-state index >= 15 is 0 Å². The van der Waals surface area contributed by atoms with E-state index in [4.69, 9.17) is 10.2 Å². The van der Waals surface area contributed by atoms with E-state index in [-0.39, 0.29) is 0 Å². The molecule has 3 nitrogen and oxygen atoms in total. The second-order valence-electron chi connectivity index (χ2n) is 4.06. The maximum Gasteiger partial charge on any atom is 0.227 e. The molecule has 0 bridgehead atoms. The van der Waals surface area contributed by atoms with Gasteiger partial charge in [-0.3, -0.25) is 0 Å². The van der Waals surface area contributed by atoms with Gasteiger partial charge < -0.3 is 10.2 Å². The van der Waals surface area contributed by atoms with E-state index < -0.39 is 0 Å². The first-order valence-electron chi connectivity index (χ1n) is 5.46. The second-order valence-corrected chi connectivity index (χ2v) is 4.06. The number of fused-ring (bicyclic) bond motifs is 1. The third-order valence-electron chi connectivity index (χ3n) is 2.79. The fourth-order valence-corrected chi connectivity index (χ4v) is 1.86. The quantitative estimate of drug-likeness (QED) is 0.644. The highest BCUT2D eigenvalue weighted by atomic mass is 16.3. The van der Waals surface area contributed by atoms with Gasteiger partial charge in [0.25, 0.3) is 0 Å². The topological polar surface area (TPSA) is 52.0 Å². The van der Waals surface area contributed by atoms with E-state index in [0.717, 1.165) is 22.2 Å². The van der Waals surface area contributed by atoms with Gasteiger partial charge in [0.2, 0.25) is 5.89 Å². The summed E-state index contributed by atoms with van der Waals surface area (Å²) in [7, 11) is 0. The molecule has 0 amide bonds. The zero-order valence-electron chi connectivity index (χ0n) is 9.47. The summed E-state index contributed by atoms with van der Waals surface area (Å²) in [6, 6.07) is 13.5. The minimum Gasteiger partial charge on any atom is -0.436 e. The van der Waals surface area contributed by atoms with Gasteiger partial charge in [-0.25, -0.2) is 4.98 Å². The summed E-state index contributed by atoms with van der Waals surface area (Å²) in [5.74, 6) is 0.621. The summed E-state index contributed by atoms with van der Waals surface area (Å²) in [4.78, 5) is 4.46. The predicted molar refractivity (Wildman–Crippen MR) is 68.6 cm³/mol. The van der Waals surface area contributed by atoms with Crippen molar-refractivity contribution in [2.75, 3.05) is 5.73 Å². The number of rotatable bonds is 1. The number of aromatic nitrogens is 1. The first-order valence-corrected chi connectivity index (χ1v) is 5.46. The fourth-order valence-electron chi connectivity index (χ4n) is 1.86. The molecular formula is C14H12N2O. The molecule has 0 aliphatic carbocycles. The monoisotopic (exact) mass is 224 g/mol. The highest BCUT2D eigenvalue weighted by molar-refractivity contribution is 5.77. The lowest BCUT2D eigenvalue weighted by Gasteiger charge is -2.01. The van der Waals surface area contributed by atoms with E-state index in [9.17, 15) is 0 Å². The smallest absolute Gasteiger partial charge is 0.227 e. The van der Waals surface area contributed by atoms with Gasteiger partial charge >= 0.3 is 0 Å². The van der Waals surface area contributed by atoms with Gasteiger partial charge in [0.1, 0.15) is 5.52 Å². The lowest BCUT2D eigenvalue weighted by molar-refractivity contribution is 0.619. The van der Waals surface area contributed by atoms with Crippen LogP contribution in [0.1, 0.15) is 5.56 Å². The largest absolute Gasteiger partial charge is 0.436 e. The molecule has 0 spiro atoms. The number of aryl methyl sites for hydroxylation is 1. The van der Waals surface area contributed by atoms with E-state index in [0.29, 0.717) is 11.6 Å². The summed E-state index contributed by atoms with van der Waals surface area (Å²) in [5.41, 5.74) is 10.2. The van der Waals surface area contributed by atoms with Gasteiger partial charge in [-0.15, -0.1) is 0 Å². The first kappa shape index (κ1) is 9.90. The molecule has 1 heterocycles. The summed E-state index contributed by atoms with van der Waals surface area (Å²) in [5, 5.41) is 0. The zero-order valence-corrected chi connectivity index (χ0v) is 9.47. The standard InChI is InChI=1S/C14H12N2O/c1-9-6-7-10(15)8-11(9)14-16-12-4-2-3-5-13(12)17-14/h2-8H,15H2,1H3. The number of hydrogen-bond acceptors (Lipinski definition) is 3. The van der Waals surface area contributed by atoms with Crippen molar-refractivity contribution < 1.29 is 4.42 Å². The number of nitrogen functional groups attached to an aromatic ring is 1. The van der Waals surface area contributed by atoms with Crippen LogP contribution in [0.3, 0.4) is 0 Å². The Morgan fingerprint density at radius 3 is 2.76 bits per heavy atom. The molecule has 0 aliphatic heterocycles. The van der Waals surface area contributed by atoms with Gasteiger partial charge in [-0.2, -0.15) is 0 Å². The zero-order chi connectivity index (χ0) is 11.8. The average Bonchev–Trinajstić information content (AvgIpc) is 2.75. The molecule has 0 radical (unpaired) electrons. The Kier molecular flexibility index (Phi) is 2.11. The van der Waals surface area contributed by atoms with Crippen molar-refractivity contribution in [1.29, 1.82) is 0 Å². The van der Waals surface area contributed by atoms with Crippen molar-refractivity contribution in [3.63, 3.8) is 0 Å². The van der Waals surface area contributed by atoms with Crippen LogP contribution in [0.5, 0.6) is 0 Å². The first-order chi connectivity index (χ1) is 8.24. The third kappa shape index (κ3) is 1.65. The molecule has 0 saturated carbocycles. The van der Waals surface area contributed by atoms with Gasteiger partial charge in [0, 0.05) is 11.3 Å². The van der Waals surface area contributed by atoms with Crippen LogP contribution >= 0.6 is 0 Å². The van der Waals surface area contributed by atoms with Crippen molar-refractivity contribution in [3.05, 3.63) is 48.0 Å². The maximum absolute atomic E-state index is 5.79. The van der Waals surface area contributed by atoms with E-state index in [1.165, 1.54) is 0 Å². The summed E-state index contributed by atoms with van der Waals surface area (Å²) in [6.45, 7) is 2.02. The Morgan fingerprint density at radius 2 is 1.94 bits per heavy atom. The number of anilines is 1. The van der Waals surface area contributed by atoms with Gasteiger partial charge in [-0.05, 0) is 36.8 Å². The maximum atomic E-state index is 5.79. The number of nitrogens with zero attached hydrogens (tertiary/aromatic N) is 1. The van der Waals surface area contributed by atoms with Gasteiger partial charge in [-0.1, -0.05) is 18.2 Å². The van der Waals surface area contributed by atoms with E-state index in [2.05, 4.69) is 4.98 Å². The second kappa shape index (κ2) is 3.63. The number of benzene rings is 2. The molecule has 2 aromatic carbocycles. The SMILES string of the molecule is Cc1ccc(N)cc1-c1nc2ccccc2o1. The van der Waals surface area contributed by atoms with Crippen molar-refractivity contribution in [1.82, 2.24) is 4.98 Å². The average molecular weight is 224 g/mol. The van der Waals surface area contributed by atoms with Crippen molar-refractivity contribution in [2.45, 2.75) is 6.92 Å². The molecule has 1 aromatic heterocycles. The Balaban J connectivity index is 2.23. The minimum absolute atomic E-state index is 0.621. The molecule has 0 aliphatic rings. The number of oxazole rings is 1. The molecule has 84 valence electrons. The van der Waals surface area contributed by atoms with Crippen LogP contribution in [0.4, 0.5) is 5.69 Å². The highest BCUT2D eigenvalue weighted by Crippen LogP contribution is 2.27.